The summed E-state index contributed by atoms with van der Waals surface area (Å²) in [4.78, 5) is 0. The smallest absolute Gasteiger partial charge is 0.0419 e. The highest BCUT2D eigenvalue weighted by Gasteiger charge is 2.13. The van der Waals surface area contributed by atoms with Crippen molar-refractivity contribution in [1.29, 1.82) is 0 Å². The van der Waals surface area contributed by atoms with Gasteiger partial charge < -0.3 is 0 Å². The van der Waals surface area contributed by atoms with Crippen molar-refractivity contribution in [3.05, 3.63) is 11.6 Å². The monoisotopic (exact) mass is 252 g/mol. The molecule has 1 unspecified atom stereocenters. The summed E-state index contributed by atoms with van der Waals surface area (Å²) in [5, 5.41) is 0. The molecule has 0 amide bonds. The summed E-state index contributed by atoms with van der Waals surface area (Å²) in [6.45, 7) is 2.27. The summed E-state index contributed by atoms with van der Waals surface area (Å²) >= 11 is 0. The number of allylic oxidation sites excluding steroid dienone is 1. The molecule has 0 aromatic carbocycles. The van der Waals surface area contributed by atoms with Crippen LogP contribution in [0.5, 0.6) is 0 Å². The zero-order valence-electron chi connectivity index (χ0n) is 12.2. The van der Waals surface area contributed by atoms with Crippen LogP contribution in [0.15, 0.2) is 11.6 Å². The minimum atomic E-state index is 0.439. The van der Waals surface area contributed by atoms with E-state index >= 15 is 0 Å². The van der Waals surface area contributed by atoms with Gasteiger partial charge in [0.2, 0.25) is 0 Å². The number of hydrogen-bond acceptors (Lipinski definition) is 2. The highest BCUT2D eigenvalue weighted by Crippen LogP contribution is 2.22. The van der Waals surface area contributed by atoms with E-state index in [1.807, 2.05) is 0 Å². The summed E-state index contributed by atoms with van der Waals surface area (Å²) in [7, 11) is 0. The predicted octanol–water partition coefficient (Wildman–Crippen LogP) is 4.46. The molecule has 106 valence electrons. The topological polar surface area (TPSA) is 38.0 Å². The van der Waals surface area contributed by atoms with Gasteiger partial charge in [-0.1, -0.05) is 63.5 Å². The molecule has 2 heteroatoms. The average molecular weight is 252 g/mol. The van der Waals surface area contributed by atoms with Crippen LogP contribution in [0.4, 0.5) is 0 Å². The number of nitrogens with one attached hydrogen (secondary N) is 1. The molecule has 0 bridgehead atoms. The Kier molecular flexibility index (Phi) is 9.23. The maximum Gasteiger partial charge on any atom is 0.0419 e. The molecule has 0 aliphatic heterocycles. The molecule has 1 rings (SSSR count). The standard InChI is InChI=1S/C16H32N2/c1-2-3-4-5-6-11-14-16(18-17)15-12-9-7-8-10-13-15/h12,16,18H,2-11,13-14,17H2,1H3. The van der Waals surface area contributed by atoms with Crippen LogP contribution in [-0.4, -0.2) is 6.04 Å². The Morgan fingerprint density at radius 2 is 1.89 bits per heavy atom. The second-order valence-corrected chi connectivity index (χ2v) is 5.65. The molecule has 1 atom stereocenters. The minimum absolute atomic E-state index is 0.439. The lowest BCUT2D eigenvalue weighted by Gasteiger charge is -2.19. The fourth-order valence-corrected chi connectivity index (χ4v) is 2.86. The van der Waals surface area contributed by atoms with Crippen LogP contribution in [0.3, 0.4) is 0 Å². The van der Waals surface area contributed by atoms with Gasteiger partial charge in [-0.3, -0.25) is 11.3 Å². The average Bonchev–Trinajstić information content (AvgIpc) is 2.67. The van der Waals surface area contributed by atoms with Gasteiger partial charge in [0.05, 0.1) is 0 Å². The summed E-state index contributed by atoms with van der Waals surface area (Å²) < 4.78 is 0. The third-order valence-corrected chi connectivity index (χ3v) is 4.07. The Hall–Kier alpha value is -0.340. The highest BCUT2D eigenvalue weighted by molar-refractivity contribution is 5.11. The summed E-state index contributed by atoms with van der Waals surface area (Å²) in [5.74, 6) is 5.73. The van der Waals surface area contributed by atoms with E-state index < -0.39 is 0 Å². The predicted molar refractivity (Wildman–Crippen MR) is 80.3 cm³/mol. The van der Waals surface area contributed by atoms with Gasteiger partial charge in [-0.15, -0.1) is 0 Å². The number of rotatable bonds is 9. The van der Waals surface area contributed by atoms with Crippen LogP contribution in [0.1, 0.15) is 84.0 Å². The number of unbranched alkanes of at least 4 members (excludes halogenated alkanes) is 5. The molecule has 3 N–H and O–H groups in total. The van der Waals surface area contributed by atoms with E-state index in [4.69, 9.17) is 5.84 Å². The van der Waals surface area contributed by atoms with Crippen LogP contribution >= 0.6 is 0 Å². The third kappa shape index (κ3) is 6.55. The van der Waals surface area contributed by atoms with Crippen LogP contribution < -0.4 is 11.3 Å². The molecular weight excluding hydrogens is 220 g/mol. The molecule has 18 heavy (non-hydrogen) atoms. The van der Waals surface area contributed by atoms with E-state index in [-0.39, 0.29) is 0 Å². The van der Waals surface area contributed by atoms with Crippen LogP contribution in [0.2, 0.25) is 0 Å². The van der Waals surface area contributed by atoms with Crippen molar-refractivity contribution < 1.29 is 0 Å². The van der Waals surface area contributed by atoms with E-state index in [0.29, 0.717) is 6.04 Å². The molecule has 0 aromatic rings. The molecule has 0 saturated heterocycles. The Bertz CT molecular complexity index is 223. The van der Waals surface area contributed by atoms with E-state index in [1.54, 1.807) is 5.57 Å². The second-order valence-electron chi connectivity index (χ2n) is 5.65. The molecular formula is C16H32N2. The van der Waals surface area contributed by atoms with E-state index in [0.717, 1.165) is 0 Å². The van der Waals surface area contributed by atoms with Crippen molar-refractivity contribution in [3.63, 3.8) is 0 Å². The summed E-state index contributed by atoms with van der Waals surface area (Å²) in [6.07, 6.45) is 18.5. The lowest BCUT2D eigenvalue weighted by molar-refractivity contribution is 0.492. The maximum absolute atomic E-state index is 5.73. The van der Waals surface area contributed by atoms with E-state index in [9.17, 15) is 0 Å². The fourth-order valence-electron chi connectivity index (χ4n) is 2.86. The molecule has 2 nitrogen and oxygen atoms in total. The second kappa shape index (κ2) is 10.6. The van der Waals surface area contributed by atoms with Crippen LogP contribution in [-0.2, 0) is 0 Å². The number of nitrogens with two attached hydrogens (primary N) is 1. The normalized spacial score (nSPS) is 18.2. The van der Waals surface area contributed by atoms with Gasteiger partial charge in [0.25, 0.3) is 0 Å². The first-order chi connectivity index (χ1) is 8.88. The van der Waals surface area contributed by atoms with Crippen molar-refractivity contribution >= 4 is 0 Å². The molecule has 0 spiro atoms. The van der Waals surface area contributed by atoms with Crippen LogP contribution in [0, 0.1) is 0 Å². The van der Waals surface area contributed by atoms with Crippen molar-refractivity contribution in [2.45, 2.75) is 90.0 Å². The lowest BCUT2D eigenvalue weighted by atomic mass is 9.97. The first kappa shape index (κ1) is 15.7. The maximum atomic E-state index is 5.73. The van der Waals surface area contributed by atoms with Gasteiger partial charge in [0, 0.05) is 6.04 Å². The Labute approximate surface area is 113 Å². The quantitative estimate of drug-likeness (QED) is 0.275. The molecule has 0 heterocycles. The number of hydrazine groups is 1. The van der Waals surface area contributed by atoms with E-state index in [1.165, 1.54) is 77.0 Å². The Morgan fingerprint density at radius 1 is 1.11 bits per heavy atom. The molecule has 1 aliphatic carbocycles. The number of hydrogen-bond donors (Lipinski definition) is 2. The SMILES string of the molecule is CCCCCCCCC(NN)C1=CCCCCC1. The van der Waals surface area contributed by atoms with Gasteiger partial charge in [-0.25, -0.2) is 0 Å². The lowest BCUT2D eigenvalue weighted by Crippen LogP contribution is -2.36. The summed E-state index contributed by atoms with van der Waals surface area (Å²) in [6, 6.07) is 0.439. The van der Waals surface area contributed by atoms with Gasteiger partial charge in [-0.05, 0) is 32.1 Å². The minimum Gasteiger partial charge on any atom is -0.271 e. The van der Waals surface area contributed by atoms with Gasteiger partial charge in [0.1, 0.15) is 0 Å². The zero-order chi connectivity index (χ0) is 13.1. The van der Waals surface area contributed by atoms with Crippen molar-refractivity contribution in [1.82, 2.24) is 5.43 Å². The summed E-state index contributed by atoms with van der Waals surface area (Å²) in [5.41, 5.74) is 4.61. The van der Waals surface area contributed by atoms with Crippen molar-refractivity contribution in [3.8, 4) is 0 Å². The van der Waals surface area contributed by atoms with Gasteiger partial charge in [0.15, 0.2) is 0 Å². The van der Waals surface area contributed by atoms with Crippen LogP contribution in [0.25, 0.3) is 0 Å². The first-order valence-electron chi connectivity index (χ1n) is 8.03. The molecule has 0 saturated carbocycles. The van der Waals surface area contributed by atoms with Crippen molar-refractivity contribution in [2.24, 2.45) is 5.84 Å². The Morgan fingerprint density at radius 3 is 2.67 bits per heavy atom. The molecule has 0 aromatic heterocycles. The van der Waals surface area contributed by atoms with Crippen molar-refractivity contribution in [2.75, 3.05) is 0 Å². The molecule has 1 aliphatic rings. The Balaban J connectivity index is 2.18. The fraction of sp³-hybridized carbons (Fsp3) is 0.875. The third-order valence-electron chi connectivity index (χ3n) is 4.07. The molecule has 0 fully saturated rings. The molecule has 0 radical (unpaired) electrons. The van der Waals surface area contributed by atoms with Gasteiger partial charge >= 0.3 is 0 Å². The zero-order valence-corrected chi connectivity index (χ0v) is 12.2. The van der Waals surface area contributed by atoms with Gasteiger partial charge in [-0.2, -0.15) is 0 Å². The highest BCUT2D eigenvalue weighted by atomic mass is 15.2. The van der Waals surface area contributed by atoms with E-state index in [2.05, 4.69) is 18.4 Å². The largest absolute Gasteiger partial charge is 0.271 e. The first-order valence-corrected chi connectivity index (χ1v) is 8.03.